The van der Waals surface area contributed by atoms with Gasteiger partial charge in [0.15, 0.2) is 0 Å². The Kier molecular flexibility index (Phi) is 4.66. The average molecular weight is 313 g/mol. The van der Waals surface area contributed by atoms with Crippen LogP contribution in [0.2, 0.25) is 0 Å². The van der Waals surface area contributed by atoms with Gasteiger partial charge < -0.3 is 9.31 Å². The van der Waals surface area contributed by atoms with Crippen molar-refractivity contribution < 1.29 is 9.31 Å². The van der Waals surface area contributed by atoms with E-state index in [2.05, 4.69) is 52.0 Å². The second-order valence-corrected chi connectivity index (χ2v) is 7.82. The molecule has 0 bridgehead atoms. The number of benzene rings is 1. The molecule has 0 aromatic heterocycles. The number of aliphatic imine (C=N–C) groups is 1. The second kappa shape index (κ2) is 6.41. The quantitative estimate of drug-likeness (QED) is 0.629. The fraction of sp³-hybridized carbons (Fsp3) is 0.632. The summed E-state index contributed by atoms with van der Waals surface area (Å²) in [6, 6.07) is 8.90. The lowest BCUT2D eigenvalue weighted by Crippen LogP contribution is -2.41. The van der Waals surface area contributed by atoms with E-state index in [0.717, 1.165) is 11.0 Å². The Balaban J connectivity index is 1.65. The number of rotatable bonds is 3. The molecule has 0 spiro atoms. The molecule has 0 unspecified atom stereocenters. The molecule has 2 aliphatic rings. The van der Waals surface area contributed by atoms with Crippen molar-refractivity contribution in [3.8, 4) is 0 Å². The van der Waals surface area contributed by atoms with Crippen molar-refractivity contribution in [2.24, 2.45) is 4.99 Å². The summed E-state index contributed by atoms with van der Waals surface area (Å²) in [6.07, 6.45) is 8.51. The van der Waals surface area contributed by atoms with Crippen LogP contribution < -0.4 is 5.46 Å². The first kappa shape index (κ1) is 16.7. The summed E-state index contributed by atoms with van der Waals surface area (Å²) >= 11 is 0. The summed E-state index contributed by atoms with van der Waals surface area (Å²) in [7, 11) is -0.288. The summed E-state index contributed by atoms with van der Waals surface area (Å²) in [4.78, 5) is 4.74. The molecule has 2 fully saturated rings. The summed E-state index contributed by atoms with van der Waals surface area (Å²) < 4.78 is 12.2. The van der Waals surface area contributed by atoms with E-state index in [1.165, 1.54) is 32.1 Å². The molecular weight excluding hydrogens is 285 g/mol. The number of hydrogen-bond acceptors (Lipinski definition) is 3. The zero-order valence-electron chi connectivity index (χ0n) is 14.8. The Morgan fingerprint density at radius 1 is 0.957 bits per heavy atom. The highest BCUT2D eigenvalue weighted by Crippen LogP contribution is 2.36. The van der Waals surface area contributed by atoms with Gasteiger partial charge in [-0.15, -0.1) is 0 Å². The minimum atomic E-state index is -0.293. The first-order valence-electron chi connectivity index (χ1n) is 8.86. The van der Waals surface area contributed by atoms with Crippen molar-refractivity contribution in [1.29, 1.82) is 0 Å². The second-order valence-electron chi connectivity index (χ2n) is 7.82. The van der Waals surface area contributed by atoms with Crippen LogP contribution in [0.3, 0.4) is 0 Å². The minimum Gasteiger partial charge on any atom is -0.399 e. The molecule has 1 aromatic carbocycles. The fourth-order valence-electron chi connectivity index (χ4n) is 3.14. The van der Waals surface area contributed by atoms with Crippen molar-refractivity contribution in [2.45, 2.75) is 77.0 Å². The Morgan fingerprint density at radius 3 is 2.09 bits per heavy atom. The third-order valence-corrected chi connectivity index (χ3v) is 5.47. The maximum Gasteiger partial charge on any atom is 0.494 e. The highest BCUT2D eigenvalue weighted by Gasteiger charge is 2.51. The largest absolute Gasteiger partial charge is 0.494 e. The smallest absolute Gasteiger partial charge is 0.399 e. The van der Waals surface area contributed by atoms with E-state index in [1.807, 2.05) is 6.21 Å². The average Bonchev–Trinajstić information content (AvgIpc) is 2.75. The topological polar surface area (TPSA) is 30.8 Å². The molecule has 0 radical (unpaired) electrons. The molecule has 0 amide bonds. The van der Waals surface area contributed by atoms with Crippen LogP contribution in [-0.4, -0.2) is 30.6 Å². The lowest BCUT2D eigenvalue weighted by Gasteiger charge is -2.32. The van der Waals surface area contributed by atoms with E-state index in [-0.39, 0.29) is 18.3 Å². The molecular formula is C19H28BNO2. The van der Waals surface area contributed by atoms with Crippen molar-refractivity contribution in [1.82, 2.24) is 0 Å². The van der Waals surface area contributed by atoms with Crippen LogP contribution in [0.15, 0.2) is 29.3 Å². The minimum absolute atomic E-state index is 0.288. The third kappa shape index (κ3) is 3.69. The molecule has 1 saturated carbocycles. The number of nitrogens with zero attached hydrogens (tertiary/aromatic N) is 1. The molecule has 1 saturated heterocycles. The molecule has 1 aliphatic heterocycles. The van der Waals surface area contributed by atoms with Crippen LogP contribution in [-0.2, 0) is 9.31 Å². The highest BCUT2D eigenvalue weighted by atomic mass is 16.7. The van der Waals surface area contributed by atoms with E-state index < -0.39 is 0 Å². The summed E-state index contributed by atoms with van der Waals surface area (Å²) in [5.41, 5.74) is 1.63. The lowest BCUT2D eigenvalue weighted by atomic mass is 9.79. The molecule has 1 heterocycles. The van der Waals surface area contributed by atoms with Gasteiger partial charge in [-0.3, -0.25) is 4.99 Å². The predicted octanol–water partition coefficient (Wildman–Crippen LogP) is 3.74. The standard InChI is InChI=1S/C19H28BNO2/c1-18(2)19(3,4)23-20(22-18)16-12-10-15(11-13-16)14-21-17-8-6-5-7-9-17/h10-14,17H,5-9H2,1-4H3. The first-order valence-corrected chi connectivity index (χ1v) is 8.86. The Bertz CT molecular complexity index is 543. The van der Waals surface area contributed by atoms with Crippen molar-refractivity contribution in [3.63, 3.8) is 0 Å². The maximum atomic E-state index is 6.09. The van der Waals surface area contributed by atoms with E-state index in [4.69, 9.17) is 14.3 Å². The van der Waals surface area contributed by atoms with Crippen LogP contribution >= 0.6 is 0 Å². The van der Waals surface area contributed by atoms with E-state index in [0.29, 0.717) is 6.04 Å². The first-order chi connectivity index (χ1) is 10.9. The molecule has 124 valence electrons. The zero-order valence-corrected chi connectivity index (χ0v) is 14.8. The van der Waals surface area contributed by atoms with Gasteiger partial charge in [0.25, 0.3) is 0 Å². The normalized spacial score (nSPS) is 24.4. The predicted molar refractivity (Wildman–Crippen MR) is 96.6 cm³/mol. The molecule has 0 N–H and O–H groups in total. The van der Waals surface area contributed by atoms with Gasteiger partial charge in [0.1, 0.15) is 0 Å². The van der Waals surface area contributed by atoms with Gasteiger partial charge in [-0.1, -0.05) is 43.5 Å². The molecule has 4 heteroatoms. The van der Waals surface area contributed by atoms with Crippen molar-refractivity contribution in [2.75, 3.05) is 0 Å². The van der Waals surface area contributed by atoms with Crippen LogP contribution in [0.1, 0.15) is 65.4 Å². The van der Waals surface area contributed by atoms with Gasteiger partial charge in [-0.05, 0) is 51.6 Å². The summed E-state index contributed by atoms with van der Waals surface area (Å²) in [5.74, 6) is 0. The Labute approximate surface area is 140 Å². The van der Waals surface area contributed by atoms with Crippen LogP contribution in [0, 0.1) is 0 Å². The fourth-order valence-corrected chi connectivity index (χ4v) is 3.14. The van der Waals surface area contributed by atoms with Gasteiger partial charge in [-0.25, -0.2) is 0 Å². The van der Waals surface area contributed by atoms with E-state index in [1.54, 1.807) is 0 Å². The van der Waals surface area contributed by atoms with Gasteiger partial charge >= 0.3 is 7.12 Å². The zero-order chi connectivity index (χ0) is 16.5. The Hall–Kier alpha value is -1.13. The van der Waals surface area contributed by atoms with Crippen molar-refractivity contribution >= 4 is 18.8 Å². The van der Waals surface area contributed by atoms with Crippen LogP contribution in [0.4, 0.5) is 0 Å². The maximum absolute atomic E-state index is 6.09. The molecule has 23 heavy (non-hydrogen) atoms. The SMILES string of the molecule is CC1(C)OB(c2ccc(C=NC3CCCCC3)cc2)OC1(C)C. The van der Waals surface area contributed by atoms with Gasteiger partial charge in [0.2, 0.25) is 0 Å². The molecule has 3 rings (SSSR count). The lowest BCUT2D eigenvalue weighted by molar-refractivity contribution is 0.00578. The number of hydrogen-bond donors (Lipinski definition) is 0. The van der Waals surface area contributed by atoms with Gasteiger partial charge in [0, 0.05) is 12.3 Å². The van der Waals surface area contributed by atoms with Crippen molar-refractivity contribution in [3.05, 3.63) is 29.8 Å². The highest BCUT2D eigenvalue weighted by molar-refractivity contribution is 6.62. The molecule has 1 aliphatic carbocycles. The summed E-state index contributed by atoms with van der Waals surface area (Å²) in [5, 5.41) is 0. The van der Waals surface area contributed by atoms with Gasteiger partial charge in [-0.2, -0.15) is 0 Å². The van der Waals surface area contributed by atoms with E-state index in [9.17, 15) is 0 Å². The monoisotopic (exact) mass is 313 g/mol. The molecule has 1 aromatic rings. The molecule has 0 atom stereocenters. The molecule has 3 nitrogen and oxygen atoms in total. The van der Waals surface area contributed by atoms with Crippen LogP contribution in [0.5, 0.6) is 0 Å². The Morgan fingerprint density at radius 2 is 1.52 bits per heavy atom. The van der Waals surface area contributed by atoms with E-state index >= 15 is 0 Å². The van der Waals surface area contributed by atoms with Crippen LogP contribution in [0.25, 0.3) is 0 Å². The third-order valence-electron chi connectivity index (χ3n) is 5.47. The van der Waals surface area contributed by atoms with Gasteiger partial charge in [0.05, 0.1) is 11.2 Å². The summed E-state index contributed by atoms with van der Waals surface area (Å²) in [6.45, 7) is 8.33.